The molecule has 0 aliphatic heterocycles. The van der Waals surface area contributed by atoms with Gasteiger partial charge in [0.05, 0.1) is 12.7 Å². The van der Waals surface area contributed by atoms with E-state index >= 15 is 0 Å². The third kappa shape index (κ3) is 4.18. The van der Waals surface area contributed by atoms with Gasteiger partial charge >= 0.3 is 0 Å². The molecule has 0 bridgehead atoms. The number of carbonyl (C=O) groups excluding carboxylic acids is 1. The van der Waals surface area contributed by atoms with Gasteiger partial charge < -0.3 is 15.0 Å². The van der Waals surface area contributed by atoms with Crippen LogP contribution in [0.5, 0.6) is 5.75 Å². The maximum atomic E-state index is 11.9. The number of rotatable bonds is 6. The minimum absolute atomic E-state index is 0.132. The van der Waals surface area contributed by atoms with Crippen LogP contribution in [0.4, 0.5) is 0 Å². The lowest BCUT2D eigenvalue weighted by atomic mass is 10.2. The van der Waals surface area contributed by atoms with Crippen LogP contribution in [0.15, 0.2) is 41.5 Å². The zero-order valence-electron chi connectivity index (χ0n) is 12.6. The van der Waals surface area contributed by atoms with Gasteiger partial charge in [-0.1, -0.05) is 25.1 Å². The van der Waals surface area contributed by atoms with E-state index in [0.29, 0.717) is 6.54 Å². The van der Waals surface area contributed by atoms with E-state index < -0.39 is 0 Å². The fourth-order valence-corrected chi connectivity index (χ4v) is 1.90. The first-order valence-corrected chi connectivity index (χ1v) is 7.15. The predicted octanol–water partition coefficient (Wildman–Crippen LogP) is 1.67. The van der Waals surface area contributed by atoms with E-state index in [1.54, 1.807) is 0 Å². The summed E-state index contributed by atoms with van der Waals surface area (Å²) in [5.41, 5.74) is 0.880. The SMILES string of the molecule is CC[C@H](CNC(=O)c1c[nH]c(=O)cn1)Oc1ccccc1C. The van der Waals surface area contributed by atoms with Crippen LogP contribution in [-0.4, -0.2) is 28.5 Å². The number of aromatic nitrogens is 2. The molecule has 1 heterocycles. The molecule has 1 aromatic carbocycles. The molecule has 6 heteroatoms. The van der Waals surface area contributed by atoms with E-state index in [1.807, 2.05) is 38.1 Å². The molecule has 2 rings (SSSR count). The van der Waals surface area contributed by atoms with Crippen LogP contribution in [0.3, 0.4) is 0 Å². The number of hydrogen-bond donors (Lipinski definition) is 2. The van der Waals surface area contributed by atoms with Gasteiger partial charge in [-0.05, 0) is 25.0 Å². The Hall–Kier alpha value is -2.63. The van der Waals surface area contributed by atoms with Crippen molar-refractivity contribution in [1.82, 2.24) is 15.3 Å². The summed E-state index contributed by atoms with van der Waals surface area (Å²) in [6.07, 6.45) is 3.00. The number of benzene rings is 1. The van der Waals surface area contributed by atoms with Gasteiger partial charge in [0.15, 0.2) is 0 Å². The van der Waals surface area contributed by atoms with Crippen molar-refractivity contribution in [2.45, 2.75) is 26.4 Å². The number of para-hydroxylation sites is 1. The summed E-state index contributed by atoms with van der Waals surface area (Å²) < 4.78 is 5.91. The molecule has 0 saturated heterocycles. The molecular weight excluding hydrogens is 282 g/mol. The highest BCUT2D eigenvalue weighted by Gasteiger charge is 2.13. The fraction of sp³-hybridized carbons (Fsp3) is 0.312. The standard InChI is InChI=1S/C16H19N3O3/c1-3-12(22-14-7-5-4-6-11(14)2)8-19-16(21)13-9-18-15(20)10-17-13/h4-7,9-10,12H,3,8H2,1-2H3,(H,18,20)(H,19,21)/t12-/m1/s1. The van der Waals surface area contributed by atoms with Crippen molar-refractivity contribution in [2.24, 2.45) is 0 Å². The van der Waals surface area contributed by atoms with Gasteiger partial charge in [0, 0.05) is 6.20 Å². The average Bonchev–Trinajstić information content (AvgIpc) is 2.53. The van der Waals surface area contributed by atoms with Crippen molar-refractivity contribution in [3.63, 3.8) is 0 Å². The van der Waals surface area contributed by atoms with Crippen LogP contribution in [0.1, 0.15) is 29.4 Å². The lowest BCUT2D eigenvalue weighted by Gasteiger charge is -2.19. The van der Waals surface area contributed by atoms with E-state index in [2.05, 4.69) is 15.3 Å². The van der Waals surface area contributed by atoms with Crippen LogP contribution < -0.4 is 15.6 Å². The maximum absolute atomic E-state index is 11.9. The number of nitrogens with one attached hydrogen (secondary N) is 2. The Balaban J connectivity index is 1.93. The van der Waals surface area contributed by atoms with Crippen molar-refractivity contribution in [3.05, 3.63) is 58.3 Å². The summed E-state index contributed by atoms with van der Waals surface area (Å²) in [7, 11) is 0. The van der Waals surface area contributed by atoms with Gasteiger partial charge in [-0.15, -0.1) is 0 Å². The molecule has 0 unspecified atom stereocenters. The maximum Gasteiger partial charge on any atom is 0.271 e. The topological polar surface area (TPSA) is 84.1 Å². The Morgan fingerprint density at radius 1 is 1.41 bits per heavy atom. The van der Waals surface area contributed by atoms with E-state index in [1.165, 1.54) is 6.20 Å². The first-order valence-electron chi connectivity index (χ1n) is 7.15. The molecule has 0 aliphatic carbocycles. The number of carbonyl (C=O) groups is 1. The number of H-pyrrole nitrogens is 1. The number of ether oxygens (including phenoxy) is 1. The average molecular weight is 301 g/mol. The van der Waals surface area contributed by atoms with E-state index in [4.69, 9.17) is 4.74 Å². The highest BCUT2D eigenvalue weighted by atomic mass is 16.5. The number of amides is 1. The lowest BCUT2D eigenvalue weighted by Crippen LogP contribution is -2.35. The Labute approximate surface area is 128 Å². The third-order valence-corrected chi connectivity index (χ3v) is 3.24. The minimum Gasteiger partial charge on any atom is -0.488 e. The van der Waals surface area contributed by atoms with Crippen LogP contribution in [0.2, 0.25) is 0 Å². The second-order valence-electron chi connectivity index (χ2n) is 4.92. The van der Waals surface area contributed by atoms with Crippen molar-refractivity contribution >= 4 is 5.91 Å². The molecule has 1 atom stereocenters. The van der Waals surface area contributed by atoms with Crippen LogP contribution in [0.25, 0.3) is 0 Å². The van der Waals surface area contributed by atoms with Crippen molar-refractivity contribution < 1.29 is 9.53 Å². The molecule has 2 aromatic rings. The van der Waals surface area contributed by atoms with Gasteiger partial charge in [-0.3, -0.25) is 9.59 Å². The van der Waals surface area contributed by atoms with Crippen molar-refractivity contribution in [1.29, 1.82) is 0 Å². The summed E-state index contributed by atoms with van der Waals surface area (Å²) in [6, 6.07) is 7.75. The van der Waals surface area contributed by atoms with Crippen molar-refractivity contribution in [3.8, 4) is 5.75 Å². The van der Waals surface area contributed by atoms with Gasteiger partial charge in [0.25, 0.3) is 11.5 Å². The van der Waals surface area contributed by atoms with Gasteiger partial charge in [-0.2, -0.15) is 0 Å². The lowest BCUT2D eigenvalue weighted by molar-refractivity contribution is 0.0920. The molecule has 116 valence electrons. The molecule has 0 aliphatic rings. The van der Waals surface area contributed by atoms with Gasteiger partial charge in [0.1, 0.15) is 17.5 Å². The normalized spacial score (nSPS) is 11.7. The van der Waals surface area contributed by atoms with Gasteiger partial charge in [0.2, 0.25) is 0 Å². The molecule has 0 fully saturated rings. The molecule has 6 nitrogen and oxygen atoms in total. The Morgan fingerprint density at radius 2 is 2.18 bits per heavy atom. The van der Waals surface area contributed by atoms with Crippen LogP contribution >= 0.6 is 0 Å². The molecule has 0 spiro atoms. The Kier molecular flexibility index (Phi) is 5.30. The number of nitrogens with zero attached hydrogens (tertiary/aromatic N) is 1. The van der Waals surface area contributed by atoms with Crippen LogP contribution in [0, 0.1) is 6.92 Å². The molecule has 0 saturated carbocycles. The van der Waals surface area contributed by atoms with E-state index in [9.17, 15) is 9.59 Å². The molecule has 1 aromatic heterocycles. The number of aryl methyl sites for hydroxylation is 1. The molecule has 2 N–H and O–H groups in total. The summed E-state index contributed by atoms with van der Waals surface area (Å²) in [4.78, 5) is 29.1. The third-order valence-electron chi connectivity index (χ3n) is 3.24. The summed E-state index contributed by atoms with van der Waals surface area (Å²) in [6.45, 7) is 4.34. The first-order chi connectivity index (χ1) is 10.6. The number of aromatic amines is 1. The molecule has 0 radical (unpaired) electrons. The number of hydrogen-bond acceptors (Lipinski definition) is 4. The second-order valence-corrected chi connectivity index (χ2v) is 4.92. The van der Waals surface area contributed by atoms with Crippen molar-refractivity contribution in [2.75, 3.05) is 6.54 Å². The summed E-state index contributed by atoms with van der Waals surface area (Å²) in [5, 5.41) is 2.76. The summed E-state index contributed by atoms with van der Waals surface area (Å²) >= 11 is 0. The fourth-order valence-electron chi connectivity index (χ4n) is 1.90. The van der Waals surface area contributed by atoms with E-state index in [0.717, 1.165) is 23.9 Å². The van der Waals surface area contributed by atoms with E-state index in [-0.39, 0.29) is 23.3 Å². The Morgan fingerprint density at radius 3 is 2.82 bits per heavy atom. The Bertz CT molecular complexity index is 677. The molecular formula is C16H19N3O3. The highest BCUT2D eigenvalue weighted by Crippen LogP contribution is 2.18. The molecule has 1 amide bonds. The predicted molar refractivity (Wildman–Crippen MR) is 83.1 cm³/mol. The zero-order chi connectivity index (χ0) is 15.9. The quantitative estimate of drug-likeness (QED) is 0.850. The minimum atomic E-state index is -0.344. The zero-order valence-corrected chi connectivity index (χ0v) is 12.6. The van der Waals surface area contributed by atoms with Crippen LogP contribution in [-0.2, 0) is 0 Å². The monoisotopic (exact) mass is 301 g/mol. The smallest absolute Gasteiger partial charge is 0.271 e. The first kappa shape index (κ1) is 15.8. The highest BCUT2D eigenvalue weighted by molar-refractivity contribution is 5.91. The second kappa shape index (κ2) is 7.40. The molecule has 22 heavy (non-hydrogen) atoms. The largest absolute Gasteiger partial charge is 0.488 e. The summed E-state index contributed by atoms with van der Waals surface area (Å²) in [5.74, 6) is 0.467. The van der Waals surface area contributed by atoms with Gasteiger partial charge in [-0.25, -0.2) is 4.98 Å².